The van der Waals surface area contributed by atoms with Crippen LogP contribution in [0.25, 0.3) is 0 Å². The SMILES string of the molecule is NCC1CC2CC1(CN)C2. The third-order valence-corrected chi connectivity index (χ3v) is 3.57. The van der Waals surface area contributed by atoms with Crippen LogP contribution in [0.2, 0.25) is 0 Å². The van der Waals surface area contributed by atoms with E-state index in [0.29, 0.717) is 5.41 Å². The first kappa shape index (κ1) is 6.62. The van der Waals surface area contributed by atoms with Crippen LogP contribution in [-0.2, 0) is 0 Å². The van der Waals surface area contributed by atoms with Crippen LogP contribution < -0.4 is 11.5 Å². The van der Waals surface area contributed by atoms with E-state index in [0.717, 1.165) is 24.9 Å². The zero-order chi connectivity index (χ0) is 7.19. The van der Waals surface area contributed by atoms with Crippen molar-refractivity contribution >= 4 is 0 Å². The fourth-order valence-corrected chi connectivity index (χ4v) is 2.92. The van der Waals surface area contributed by atoms with Gasteiger partial charge in [0.1, 0.15) is 0 Å². The number of nitrogens with two attached hydrogens (primary N) is 2. The van der Waals surface area contributed by atoms with Gasteiger partial charge in [0.2, 0.25) is 0 Å². The Hall–Kier alpha value is -0.0800. The predicted octanol–water partition coefficient (Wildman–Crippen LogP) is 0.320. The minimum Gasteiger partial charge on any atom is -0.330 e. The first-order chi connectivity index (χ1) is 4.80. The zero-order valence-corrected chi connectivity index (χ0v) is 6.34. The van der Waals surface area contributed by atoms with Gasteiger partial charge in [-0.15, -0.1) is 0 Å². The summed E-state index contributed by atoms with van der Waals surface area (Å²) in [5.74, 6) is 1.74. The molecule has 2 bridgehead atoms. The Balaban J connectivity index is 2.10. The van der Waals surface area contributed by atoms with Gasteiger partial charge in [-0.2, -0.15) is 0 Å². The monoisotopic (exact) mass is 140 g/mol. The third kappa shape index (κ3) is 0.611. The maximum absolute atomic E-state index is 5.72. The average Bonchev–Trinajstić information content (AvgIpc) is 2.37. The molecule has 0 amide bonds. The first-order valence-electron chi connectivity index (χ1n) is 4.21. The quantitative estimate of drug-likeness (QED) is 0.580. The Bertz CT molecular complexity index is 135. The minimum atomic E-state index is 0.499. The summed E-state index contributed by atoms with van der Waals surface area (Å²) in [6.07, 6.45) is 4.09. The van der Waals surface area contributed by atoms with Crippen LogP contribution >= 0.6 is 0 Å². The number of fused-ring (bicyclic) bond motifs is 1. The molecule has 1 atom stereocenters. The summed E-state index contributed by atoms with van der Waals surface area (Å²) in [6, 6.07) is 0. The summed E-state index contributed by atoms with van der Waals surface area (Å²) in [4.78, 5) is 0. The highest BCUT2D eigenvalue weighted by molar-refractivity contribution is 5.06. The van der Waals surface area contributed by atoms with Crippen molar-refractivity contribution in [1.29, 1.82) is 0 Å². The molecule has 0 aromatic heterocycles. The van der Waals surface area contributed by atoms with Crippen molar-refractivity contribution in [3.63, 3.8) is 0 Å². The van der Waals surface area contributed by atoms with Gasteiger partial charge < -0.3 is 11.5 Å². The van der Waals surface area contributed by atoms with Gasteiger partial charge in [-0.3, -0.25) is 0 Å². The average molecular weight is 140 g/mol. The Morgan fingerprint density at radius 2 is 2.00 bits per heavy atom. The van der Waals surface area contributed by atoms with E-state index >= 15 is 0 Å². The van der Waals surface area contributed by atoms with Crippen LogP contribution in [0, 0.1) is 17.3 Å². The first-order valence-corrected chi connectivity index (χ1v) is 4.21. The number of rotatable bonds is 2. The van der Waals surface area contributed by atoms with E-state index < -0.39 is 0 Å². The Morgan fingerprint density at radius 3 is 2.40 bits per heavy atom. The molecule has 2 nitrogen and oxygen atoms in total. The van der Waals surface area contributed by atoms with Crippen LogP contribution in [-0.4, -0.2) is 13.1 Å². The number of hydrogen-bond acceptors (Lipinski definition) is 2. The molecule has 0 heterocycles. The van der Waals surface area contributed by atoms with E-state index in [-0.39, 0.29) is 0 Å². The lowest BCUT2D eigenvalue weighted by molar-refractivity contribution is 0.119. The van der Waals surface area contributed by atoms with Crippen LogP contribution in [0.15, 0.2) is 0 Å². The summed E-state index contributed by atoms with van der Waals surface area (Å²) in [6.45, 7) is 1.72. The van der Waals surface area contributed by atoms with Gasteiger partial charge >= 0.3 is 0 Å². The highest BCUT2D eigenvalue weighted by atomic mass is 14.7. The predicted molar refractivity (Wildman–Crippen MR) is 41.4 cm³/mol. The number of hydrogen-bond donors (Lipinski definition) is 2. The maximum Gasteiger partial charge on any atom is -0.00172 e. The molecule has 10 heavy (non-hydrogen) atoms. The highest BCUT2D eigenvalue weighted by Gasteiger charge is 2.55. The second-order valence-corrected chi connectivity index (χ2v) is 4.01. The molecule has 0 aromatic carbocycles. The third-order valence-electron chi connectivity index (χ3n) is 3.57. The van der Waals surface area contributed by atoms with E-state index in [1.165, 1.54) is 19.3 Å². The molecule has 1 unspecified atom stereocenters. The largest absolute Gasteiger partial charge is 0.330 e. The summed E-state index contributed by atoms with van der Waals surface area (Å²) in [7, 11) is 0. The topological polar surface area (TPSA) is 52.0 Å². The molecule has 2 heteroatoms. The lowest BCUT2D eigenvalue weighted by atomic mass is 9.67. The molecule has 3 aliphatic rings. The molecule has 4 N–H and O–H groups in total. The molecule has 3 saturated carbocycles. The summed E-state index contributed by atoms with van der Waals surface area (Å²) in [5, 5.41) is 0. The van der Waals surface area contributed by atoms with E-state index in [2.05, 4.69) is 0 Å². The van der Waals surface area contributed by atoms with E-state index in [4.69, 9.17) is 11.5 Å². The Kier molecular flexibility index (Phi) is 1.29. The summed E-state index contributed by atoms with van der Waals surface area (Å²) >= 11 is 0. The minimum absolute atomic E-state index is 0.499. The fraction of sp³-hybridized carbons (Fsp3) is 1.00. The van der Waals surface area contributed by atoms with Crippen LogP contribution in [0.3, 0.4) is 0 Å². The van der Waals surface area contributed by atoms with Crippen molar-refractivity contribution in [2.45, 2.75) is 19.3 Å². The molecule has 0 radical (unpaired) electrons. The fourth-order valence-electron chi connectivity index (χ4n) is 2.92. The second-order valence-electron chi connectivity index (χ2n) is 4.01. The maximum atomic E-state index is 5.72. The lowest BCUT2D eigenvalue weighted by Crippen LogP contribution is -2.41. The van der Waals surface area contributed by atoms with Crippen molar-refractivity contribution < 1.29 is 0 Å². The molecule has 3 fully saturated rings. The van der Waals surface area contributed by atoms with E-state index in [1.807, 2.05) is 0 Å². The second kappa shape index (κ2) is 1.95. The molecule has 3 rings (SSSR count). The van der Waals surface area contributed by atoms with Crippen molar-refractivity contribution in [3.05, 3.63) is 0 Å². The smallest absolute Gasteiger partial charge is 0.00172 e. The molecule has 0 aliphatic heterocycles. The van der Waals surface area contributed by atoms with Gasteiger partial charge in [0.05, 0.1) is 0 Å². The highest BCUT2D eigenvalue weighted by Crippen LogP contribution is 2.61. The van der Waals surface area contributed by atoms with Gasteiger partial charge in [-0.25, -0.2) is 0 Å². The van der Waals surface area contributed by atoms with E-state index in [1.54, 1.807) is 0 Å². The van der Waals surface area contributed by atoms with Crippen molar-refractivity contribution in [1.82, 2.24) is 0 Å². The molecule has 0 saturated heterocycles. The molecular weight excluding hydrogens is 124 g/mol. The normalized spacial score (nSPS) is 51.0. The van der Waals surface area contributed by atoms with Gasteiger partial charge in [0.15, 0.2) is 0 Å². The van der Waals surface area contributed by atoms with Crippen molar-refractivity contribution in [2.24, 2.45) is 28.7 Å². The molecular formula is C8H16N2. The summed E-state index contributed by atoms with van der Waals surface area (Å²) < 4.78 is 0. The molecule has 0 aromatic rings. The molecule has 3 aliphatic carbocycles. The standard InChI is InChI=1S/C8H16N2/c9-4-7-1-6-2-8(7,3-6)5-10/h6-7H,1-5,9-10H2. The van der Waals surface area contributed by atoms with Gasteiger partial charge in [0, 0.05) is 0 Å². The molecule has 58 valence electrons. The van der Waals surface area contributed by atoms with Crippen LogP contribution in [0.4, 0.5) is 0 Å². The van der Waals surface area contributed by atoms with Gasteiger partial charge in [-0.05, 0) is 49.6 Å². The van der Waals surface area contributed by atoms with Gasteiger partial charge in [0.25, 0.3) is 0 Å². The van der Waals surface area contributed by atoms with Crippen molar-refractivity contribution in [2.75, 3.05) is 13.1 Å². The Morgan fingerprint density at radius 1 is 1.30 bits per heavy atom. The van der Waals surface area contributed by atoms with Crippen LogP contribution in [0.1, 0.15) is 19.3 Å². The molecule has 0 spiro atoms. The lowest BCUT2D eigenvalue weighted by Gasteiger charge is -2.40. The summed E-state index contributed by atoms with van der Waals surface area (Å²) in [5.41, 5.74) is 11.9. The van der Waals surface area contributed by atoms with Crippen molar-refractivity contribution in [3.8, 4) is 0 Å². The van der Waals surface area contributed by atoms with Gasteiger partial charge in [-0.1, -0.05) is 0 Å². The van der Waals surface area contributed by atoms with E-state index in [9.17, 15) is 0 Å². The zero-order valence-electron chi connectivity index (χ0n) is 6.34. The Labute approximate surface area is 62.0 Å². The van der Waals surface area contributed by atoms with Crippen LogP contribution in [0.5, 0.6) is 0 Å².